The number of carbonyl (C=O) groups is 3. The molecule has 9 nitrogen and oxygen atoms in total. The van der Waals surface area contributed by atoms with E-state index in [2.05, 4.69) is 5.32 Å². The monoisotopic (exact) mass is 402 g/mol. The highest BCUT2D eigenvalue weighted by atomic mass is 32.1. The largest absolute Gasteiger partial charge is 0.343 e. The van der Waals surface area contributed by atoms with E-state index in [0.29, 0.717) is 31.1 Å². The number of amides is 3. The van der Waals surface area contributed by atoms with Crippen LogP contribution in [0.2, 0.25) is 0 Å². The molecule has 10 heteroatoms. The minimum Gasteiger partial charge on any atom is -0.343 e. The Morgan fingerprint density at radius 1 is 1.07 bits per heavy atom. The summed E-state index contributed by atoms with van der Waals surface area (Å²) < 4.78 is 0. The van der Waals surface area contributed by atoms with Gasteiger partial charge in [0.25, 0.3) is 17.5 Å². The van der Waals surface area contributed by atoms with Crippen LogP contribution in [-0.2, 0) is 4.79 Å². The van der Waals surface area contributed by atoms with E-state index in [9.17, 15) is 24.5 Å². The molecule has 2 heterocycles. The molecule has 1 aliphatic heterocycles. The number of rotatable bonds is 5. The van der Waals surface area contributed by atoms with Gasteiger partial charge in [0, 0.05) is 43.9 Å². The van der Waals surface area contributed by atoms with E-state index in [1.165, 1.54) is 29.5 Å². The molecule has 1 fully saturated rings. The topological polar surface area (TPSA) is 113 Å². The molecular weight excluding hydrogens is 384 g/mol. The number of nitro benzene ring substituents is 1. The zero-order valence-corrected chi connectivity index (χ0v) is 15.7. The van der Waals surface area contributed by atoms with Crippen LogP contribution >= 0.6 is 11.3 Å². The second kappa shape index (κ2) is 8.61. The van der Waals surface area contributed by atoms with Crippen LogP contribution in [0.1, 0.15) is 20.0 Å². The molecule has 2 aromatic rings. The number of nitro groups is 1. The summed E-state index contributed by atoms with van der Waals surface area (Å²) in [5.41, 5.74) is -0.0705. The lowest BCUT2D eigenvalue weighted by Crippen LogP contribution is -2.52. The van der Waals surface area contributed by atoms with Gasteiger partial charge in [0.1, 0.15) is 0 Å². The van der Waals surface area contributed by atoms with Gasteiger partial charge in [-0.05, 0) is 17.5 Å². The van der Waals surface area contributed by atoms with Crippen LogP contribution in [0.25, 0.3) is 0 Å². The first-order valence-electron chi connectivity index (χ1n) is 8.59. The Bertz CT molecular complexity index is 891. The molecular formula is C18H18N4O5S. The lowest BCUT2D eigenvalue weighted by atomic mass is 10.2. The number of non-ortho nitro benzene ring substituents is 1. The zero-order chi connectivity index (χ0) is 20.1. The van der Waals surface area contributed by atoms with Crippen molar-refractivity contribution in [1.29, 1.82) is 0 Å². The molecule has 3 rings (SSSR count). The average molecular weight is 402 g/mol. The SMILES string of the molecule is O=C(NCC(=O)N1CCN(C(=O)c2cccs2)CC1)c1cccc([N+](=O)[O-])c1. The number of hydrogen-bond acceptors (Lipinski definition) is 6. The van der Waals surface area contributed by atoms with E-state index in [4.69, 9.17) is 0 Å². The second-order valence-electron chi connectivity index (χ2n) is 6.14. The van der Waals surface area contributed by atoms with E-state index in [-0.39, 0.29) is 29.6 Å². The first-order valence-corrected chi connectivity index (χ1v) is 9.47. The normalized spacial score (nSPS) is 13.9. The number of nitrogens with zero attached hydrogens (tertiary/aromatic N) is 3. The summed E-state index contributed by atoms with van der Waals surface area (Å²) in [4.78, 5) is 50.9. The number of thiophene rings is 1. The van der Waals surface area contributed by atoms with Crippen molar-refractivity contribution in [3.8, 4) is 0 Å². The Kier molecular flexibility index (Phi) is 5.99. The third-order valence-corrected chi connectivity index (χ3v) is 5.23. The average Bonchev–Trinajstić information content (AvgIpc) is 3.26. The molecule has 1 N–H and O–H groups in total. The van der Waals surface area contributed by atoms with Crippen molar-refractivity contribution in [2.24, 2.45) is 0 Å². The third-order valence-electron chi connectivity index (χ3n) is 4.37. The van der Waals surface area contributed by atoms with Gasteiger partial charge < -0.3 is 15.1 Å². The fraction of sp³-hybridized carbons (Fsp3) is 0.278. The molecule has 0 saturated carbocycles. The minimum atomic E-state index is -0.584. The van der Waals surface area contributed by atoms with E-state index in [1.54, 1.807) is 15.9 Å². The number of nitrogens with one attached hydrogen (secondary N) is 1. The Morgan fingerprint density at radius 3 is 2.43 bits per heavy atom. The standard InChI is InChI=1S/C18H18N4O5S/c23-16(12-19-17(24)13-3-1-4-14(11-13)22(26)27)20-6-8-21(9-7-20)18(25)15-5-2-10-28-15/h1-5,10-11H,6-9,12H2,(H,19,24). The predicted molar refractivity (Wildman–Crippen MR) is 102 cm³/mol. The van der Waals surface area contributed by atoms with Crippen molar-refractivity contribution in [2.45, 2.75) is 0 Å². The lowest BCUT2D eigenvalue weighted by Gasteiger charge is -2.34. The van der Waals surface area contributed by atoms with Gasteiger partial charge in [0.2, 0.25) is 5.91 Å². The van der Waals surface area contributed by atoms with Crippen LogP contribution in [0.4, 0.5) is 5.69 Å². The van der Waals surface area contributed by atoms with E-state index in [0.717, 1.165) is 6.07 Å². The van der Waals surface area contributed by atoms with Gasteiger partial charge in [-0.25, -0.2) is 0 Å². The maximum atomic E-state index is 12.3. The molecule has 1 aliphatic rings. The summed E-state index contributed by atoms with van der Waals surface area (Å²) in [6, 6.07) is 8.91. The van der Waals surface area contributed by atoms with Crippen molar-refractivity contribution >= 4 is 34.7 Å². The molecule has 1 saturated heterocycles. The van der Waals surface area contributed by atoms with E-state index < -0.39 is 10.8 Å². The number of benzene rings is 1. The van der Waals surface area contributed by atoms with Gasteiger partial charge in [-0.3, -0.25) is 24.5 Å². The molecule has 1 aromatic carbocycles. The Balaban J connectivity index is 1.48. The van der Waals surface area contributed by atoms with Crippen LogP contribution in [0.5, 0.6) is 0 Å². The maximum absolute atomic E-state index is 12.3. The highest BCUT2D eigenvalue weighted by Crippen LogP contribution is 2.14. The van der Waals surface area contributed by atoms with Crippen molar-refractivity contribution in [3.63, 3.8) is 0 Å². The second-order valence-corrected chi connectivity index (χ2v) is 7.09. The molecule has 0 unspecified atom stereocenters. The van der Waals surface area contributed by atoms with Crippen LogP contribution in [0, 0.1) is 10.1 Å². The van der Waals surface area contributed by atoms with Gasteiger partial charge in [-0.1, -0.05) is 12.1 Å². The first kappa shape index (κ1) is 19.5. The van der Waals surface area contributed by atoms with Gasteiger partial charge in [0.05, 0.1) is 16.3 Å². The Hall–Kier alpha value is -3.27. The molecule has 0 bridgehead atoms. The number of carbonyl (C=O) groups excluding carboxylic acids is 3. The fourth-order valence-corrected chi connectivity index (χ4v) is 3.54. The Labute approximate surface area is 164 Å². The van der Waals surface area contributed by atoms with Gasteiger partial charge in [-0.2, -0.15) is 0 Å². The molecule has 0 aliphatic carbocycles. The summed E-state index contributed by atoms with van der Waals surface area (Å²) in [7, 11) is 0. The van der Waals surface area contributed by atoms with Crippen LogP contribution in [0.3, 0.4) is 0 Å². The Morgan fingerprint density at radius 2 is 1.79 bits per heavy atom. The van der Waals surface area contributed by atoms with Crippen LogP contribution in [0.15, 0.2) is 41.8 Å². The molecule has 146 valence electrons. The number of piperazine rings is 1. The zero-order valence-electron chi connectivity index (χ0n) is 14.9. The highest BCUT2D eigenvalue weighted by molar-refractivity contribution is 7.12. The smallest absolute Gasteiger partial charge is 0.270 e. The van der Waals surface area contributed by atoms with Gasteiger partial charge >= 0.3 is 0 Å². The quantitative estimate of drug-likeness (QED) is 0.600. The number of hydrogen-bond donors (Lipinski definition) is 1. The van der Waals surface area contributed by atoms with Crippen molar-refractivity contribution in [2.75, 3.05) is 32.7 Å². The molecule has 28 heavy (non-hydrogen) atoms. The lowest BCUT2D eigenvalue weighted by molar-refractivity contribution is -0.384. The summed E-state index contributed by atoms with van der Waals surface area (Å²) in [5.74, 6) is -0.855. The maximum Gasteiger partial charge on any atom is 0.270 e. The molecule has 0 atom stereocenters. The van der Waals surface area contributed by atoms with Crippen molar-refractivity contribution in [1.82, 2.24) is 15.1 Å². The van der Waals surface area contributed by atoms with Crippen molar-refractivity contribution < 1.29 is 19.3 Å². The van der Waals surface area contributed by atoms with Crippen molar-refractivity contribution in [3.05, 3.63) is 62.3 Å². The molecule has 0 spiro atoms. The fourth-order valence-electron chi connectivity index (χ4n) is 2.85. The summed E-state index contributed by atoms with van der Waals surface area (Å²) in [5, 5.41) is 15.1. The minimum absolute atomic E-state index is 0.0407. The molecule has 1 aromatic heterocycles. The first-order chi connectivity index (χ1) is 13.5. The van der Waals surface area contributed by atoms with E-state index >= 15 is 0 Å². The summed E-state index contributed by atoms with van der Waals surface area (Å²) in [6.45, 7) is 1.44. The van der Waals surface area contributed by atoms with E-state index in [1.807, 2.05) is 11.4 Å². The van der Waals surface area contributed by atoms with Gasteiger partial charge in [0.15, 0.2) is 0 Å². The van der Waals surface area contributed by atoms with Crippen LogP contribution < -0.4 is 5.32 Å². The predicted octanol–water partition coefficient (Wildman–Crippen LogP) is 1.37. The molecule has 0 radical (unpaired) electrons. The van der Waals surface area contributed by atoms with Crippen LogP contribution in [-0.4, -0.2) is 65.2 Å². The molecule has 3 amide bonds. The summed E-state index contributed by atoms with van der Waals surface area (Å²) >= 11 is 1.38. The third kappa shape index (κ3) is 4.52. The summed E-state index contributed by atoms with van der Waals surface area (Å²) in [6.07, 6.45) is 0. The highest BCUT2D eigenvalue weighted by Gasteiger charge is 2.25. The van der Waals surface area contributed by atoms with Gasteiger partial charge in [-0.15, -0.1) is 11.3 Å².